The number of esters is 1. The third kappa shape index (κ3) is 2.50. The van der Waals surface area contributed by atoms with Crippen molar-refractivity contribution in [1.82, 2.24) is 0 Å². The zero-order valence-corrected chi connectivity index (χ0v) is 7.90. The Morgan fingerprint density at radius 3 is 2.31 bits per heavy atom. The number of hydrogen-bond donors (Lipinski definition) is 2. The molecule has 13 heavy (non-hydrogen) atoms. The normalized spacial score (nSPS) is 17.3. The van der Waals surface area contributed by atoms with Gasteiger partial charge in [0.05, 0.1) is 7.11 Å². The standard InChI is InChI=1S/C8H14O5/c1-4-5(9)8(2,12)6(10)7(11)13-3/h6,10,12H,4H2,1-3H3/t6-,8-/m1/s1. The molecule has 0 aliphatic heterocycles. The summed E-state index contributed by atoms with van der Waals surface area (Å²) in [6.07, 6.45) is -1.79. The fraction of sp³-hybridized carbons (Fsp3) is 0.750. The van der Waals surface area contributed by atoms with Crippen LogP contribution in [0.5, 0.6) is 0 Å². The van der Waals surface area contributed by atoms with Crippen LogP contribution in [0.25, 0.3) is 0 Å². The first-order chi connectivity index (χ1) is 5.87. The highest BCUT2D eigenvalue weighted by Crippen LogP contribution is 2.14. The molecule has 0 aliphatic carbocycles. The van der Waals surface area contributed by atoms with Crippen LogP contribution in [-0.2, 0) is 14.3 Å². The fourth-order valence-corrected chi connectivity index (χ4v) is 0.851. The van der Waals surface area contributed by atoms with Crippen LogP contribution in [0.2, 0.25) is 0 Å². The second kappa shape index (κ2) is 4.34. The number of aliphatic hydroxyl groups is 2. The first-order valence-corrected chi connectivity index (χ1v) is 3.89. The molecule has 0 spiro atoms. The molecule has 0 saturated carbocycles. The lowest BCUT2D eigenvalue weighted by Gasteiger charge is -2.24. The molecule has 0 bridgehead atoms. The second-order valence-corrected chi connectivity index (χ2v) is 2.85. The van der Waals surface area contributed by atoms with E-state index in [1.54, 1.807) is 0 Å². The van der Waals surface area contributed by atoms with Crippen molar-refractivity contribution in [1.29, 1.82) is 0 Å². The summed E-state index contributed by atoms with van der Waals surface area (Å²) in [5.74, 6) is -1.63. The Bertz CT molecular complexity index is 209. The van der Waals surface area contributed by atoms with E-state index in [0.29, 0.717) is 0 Å². The number of aliphatic hydroxyl groups excluding tert-OH is 1. The molecule has 0 rings (SSSR count). The lowest BCUT2D eigenvalue weighted by atomic mass is 9.92. The third-order valence-electron chi connectivity index (χ3n) is 1.84. The summed E-state index contributed by atoms with van der Waals surface area (Å²) in [5.41, 5.74) is -2.07. The molecule has 0 aromatic heterocycles. The van der Waals surface area contributed by atoms with Gasteiger partial charge in [-0.15, -0.1) is 0 Å². The summed E-state index contributed by atoms with van der Waals surface area (Å²) in [7, 11) is 1.07. The number of rotatable bonds is 4. The topological polar surface area (TPSA) is 83.8 Å². The Kier molecular flexibility index (Phi) is 4.03. The Morgan fingerprint density at radius 2 is 2.00 bits per heavy atom. The van der Waals surface area contributed by atoms with Gasteiger partial charge in [0, 0.05) is 6.42 Å². The van der Waals surface area contributed by atoms with Gasteiger partial charge in [-0.05, 0) is 6.92 Å². The van der Waals surface area contributed by atoms with Crippen LogP contribution in [0.3, 0.4) is 0 Å². The third-order valence-corrected chi connectivity index (χ3v) is 1.84. The van der Waals surface area contributed by atoms with Gasteiger partial charge in [0.25, 0.3) is 0 Å². The van der Waals surface area contributed by atoms with E-state index in [2.05, 4.69) is 4.74 Å². The van der Waals surface area contributed by atoms with E-state index in [0.717, 1.165) is 14.0 Å². The number of methoxy groups -OCH3 is 1. The van der Waals surface area contributed by atoms with E-state index in [1.165, 1.54) is 6.92 Å². The average molecular weight is 190 g/mol. The van der Waals surface area contributed by atoms with Crippen molar-refractivity contribution in [2.24, 2.45) is 0 Å². The predicted molar refractivity (Wildman–Crippen MR) is 43.9 cm³/mol. The number of ketones is 1. The van der Waals surface area contributed by atoms with Crippen LogP contribution in [0, 0.1) is 0 Å². The number of carbonyl (C=O) groups excluding carboxylic acids is 2. The van der Waals surface area contributed by atoms with E-state index < -0.39 is 23.5 Å². The molecule has 0 aromatic carbocycles. The summed E-state index contributed by atoms with van der Waals surface area (Å²) < 4.78 is 4.19. The smallest absolute Gasteiger partial charge is 0.338 e. The molecular formula is C8H14O5. The summed E-state index contributed by atoms with van der Waals surface area (Å²) in [6.45, 7) is 2.61. The van der Waals surface area contributed by atoms with Gasteiger partial charge in [-0.3, -0.25) is 4.79 Å². The molecule has 0 amide bonds. The van der Waals surface area contributed by atoms with Crippen LogP contribution in [0.4, 0.5) is 0 Å². The zero-order chi connectivity index (χ0) is 10.6. The van der Waals surface area contributed by atoms with Gasteiger partial charge in [-0.2, -0.15) is 0 Å². The lowest BCUT2D eigenvalue weighted by molar-refractivity contribution is -0.171. The van der Waals surface area contributed by atoms with Crippen LogP contribution in [0.1, 0.15) is 20.3 Å². The SMILES string of the molecule is CCC(=O)[C@@](C)(O)[C@H](O)C(=O)OC. The maximum absolute atomic E-state index is 11.1. The highest BCUT2D eigenvalue weighted by Gasteiger charge is 2.42. The molecule has 0 unspecified atom stereocenters. The fourth-order valence-electron chi connectivity index (χ4n) is 0.851. The van der Waals surface area contributed by atoms with Gasteiger partial charge in [0.1, 0.15) is 0 Å². The van der Waals surface area contributed by atoms with Crippen LogP contribution < -0.4 is 0 Å². The van der Waals surface area contributed by atoms with Crippen molar-refractivity contribution < 1.29 is 24.5 Å². The van der Waals surface area contributed by atoms with Gasteiger partial charge >= 0.3 is 5.97 Å². The van der Waals surface area contributed by atoms with Crippen LogP contribution >= 0.6 is 0 Å². The van der Waals surface area contributed by atoms with Gasteiger partial charge < -0.3 is 14.9 Å². The molecule has 2 atom stereocenters. The summed E-state index contributed by atoms with van der Waals surface area (Å²) in [5, 5.41) is 18.7. The highest BCUT2D eigenvalue weighted by molar-refractivity contribution is 5.93. The summed E-state index contributed by atoms with van der Waals surface area (Å²) >= 11 is 0. The molecule has 0 heterocycles. The van der Waals surface area contributed by atoms with Gasteiger partial charge in [-0.1, -0.05) is 6.92 Å². The molecule has 0 fully saturated rings. The highest BCUT2D eigenvalue weighted by atomic mass is 16.5. The molecule has 5 nitrogen and oxygen atoms in total. The van der Waals surface area contributed by atoms with E-state index in [-0.39, 0.29) is 6.42 Å². The number of hydrogen-bond acceptors (Lipinski definition) is 5. The first-order valence-electron chi connectivity index (χ1n) is 3.89. The first kappa shape index (κ1) is 12.1. The maximum Gasteiger partial charge on any atom is 0.338 e. The van der Waals surface area contributed by atoms with Crippen molar-refractivity contribution in [2.75, 3.05) is 7.11 Å². The van der Waals surface area contributed by atoms with E-state index >= 15 is 0 Å². The molecule has 0 saturated heterocycles. The van der Waals surface area contributed by atoms with E-state index in [1.807, 2.05) is 0 Å². The monoisotopic (exact) mass is 190 g/mol. The predicted octanol–water partition coefficient (Wildman–Crippen LogP) is -0.750. The molecular weight excluding hydrogens is 176 g/mol. The number of Topliss-reactive ketones (excluding diaryl/α,β-unsaturated/α-hetero) is 1. The number of carbonyl (C=O) groups is 2. The Labute approximate surface area is 76.3 Å². The zero-order valence-electron chi connectivity index (χ0n) is 7.90. The molecule has 0 aliphatic rings. The minimum absolute atomic E-state index is 0.0427. The van der Waals surface area contributed by atoms with Gasteiger partial charge in [0.15, 0.2) is 17.5 Å². The minimum Gasteiger partial charge on any atom is -0.467 e. The Hall–Kier alpha value is -0.940. The average Bonchev–Trinajstić information content (AvgIpc) is 2.13. The molecule has 0 radical (unpaired) electrons. The largest absolute Gasteiger partial charge is 0.467 e. The van der Waals surface area contributed by atoms with Crippen molar-refractivity contribution in [3.05, 3.63) is 0 Å². The minimum atomic E-state index is -2.07. The molecule has 0 aromatic rings. The van der Waals surface area contributed by atoms with Crippen LogP contribution in [0.15, 0.2) is 0 Å². The number of ether oxygens (including phenoxy) is 1. The van der Waals surface area contributed by atoms with Crippen molar-refractivity contribution in [3.63, 3.8) is 0 Å². The summed E-state index contributed by atoms with van der Waals surface area (Å²) in [6, 6.07) is 0. The van der Waals surface area contributed by atoms with Gasteiger partial charge in [0.2, 0.25) is 0 Å². The lowest BCUT2D eigenvalue weighted by Crippen LogP contribution is -2.51. The Balaban J connectivity index is 4.62. The maximum atomic E-state index is 11.1. The van der Waals surface area contributed by atoms with Gasteiger partial charge in [-0.25, -0.2) is 4.79 Å². The summed E-state index contributed by atoms with van der Waals surface area (Å²) in [4.78, 5) is 21.9. The Morgan fingerprint density at radius 1 is 1.54 bits per heavy atom. The quantitative estimate of drug-likeness (QED) is 0.570. The molecule has 5 heteroatoms. The molecule has 2 N–H and O–H groups in total. The van der Waals surface area contributed by atoms with Crippen LogP contribution in [-0.4, -0.2) is 40.8 Å². The second-order valence-electron chi connectivity index (χ2n) is 2.85. The van der Waals surface area contributed by atoms with E-state index in [9.17, 15) is 19.8 Å². The van der Waals surface area contributed by atoms with Crippen molar-refractivity contribution in [2.45, 2.75) is 32.0 Å². The van der Waals surface area contributed by atoms with Crippen molar-refractivity contribution >= 4 is 11.8 Å². The van der Waals surface area contributed by atoms with E-state index in [4.69, 9.17) is 0 Å². The van der Waals surface area contributed by atoms with Crippen molar-refractivity contribution in [3.8, 4) is 0 Å². The molecule has 76 valence electrons.